The van der Waals surface area contributed by atoms with Crippen molar-refractivity contribution >= 4 is 38.8 Å². The van der Waals surface area contributed by atoms with Crippen LogP contribution in [0.1, 0.15) is 23.4 Å². The minimum Gasteiger partial charge on any atom is -0.310 e. The van der Waals surface area contributed by atoms with Crippen LogP contribution in [0.15, 0.2) is 46.7 Å². The maximum atomic E-state index is 13.1. The Morgan fingerprint density at radius 2 is 1.94 bits per heavy atom. The molecule has 174 valence electrons. The molecule has 33 heavy (non-hydrogen) atoms. The van der Waals surface area contributed by atoms with Crippen molar-refractivity contribution in [2.24, 2.45) is 5.92 Å². The Labute approximate surface area is 195 Å². The lowest BCUT2D eigenvalue weighted by molar-refractivity contribution is -0.384. The molecule has 1 fully saturated rings. The van der Waals surface area contributed by atoms with Crippen molar-refractivity contribution in [1.82, 2.24) is 14.1 Å². The van der Waals surface area contributed by atoms with Gasteiger partial charge in [-0.3, -0.25) is 14.9 Å². The number of hydrogen-bond acceptors (Lipinski definition) is 7. The summed E-state index contributed by atoms with van der Waals surface area (Å²) >= 11 is 1.22. The summed E-state index contributed by atoms with van der Waals surface area (Å²) < 4.78 is 29.1. The summed E-state index contributed by atoms with van der Waals surface area (Å²) in [5.41, 5.74) is 1.17. The molecule has 3 heterocycles. The molecule has 3 aromatic rings. The normalized spacial score (nSPS) is 17.1. The Morgan fingerprint density at radius 1 is 1.21 bits per heavy atom. The third kappa shape index (κ3) is 4.82. The van der Waals surface area contributed by atoms with Crippen LogP contribution in [-0.4, -0.2) is 46.4 Å². The van der Waals surface area contributed by atoms with Crippen LogP contribution in [0.3, 0.4) is 0 Å². The molecule has 0 aliphatic carbocycles. The summed E-state index contributed by atoms with van der Waals surface area (Å²) in [6.45, 7) is 4.11. The number of carbonyl (C=O) groups excluding carboxylic acids is 1. The summed E-state index contributed by atoms with van der Waals surface area (Å²) in [6, 6.07) is 10.9. The van der Waals surface area contributed by atoms with Crippen LogP contribution in [0.2, 0.25) is 0 Å². The molecule has 1 amide bonds. The number of amides is 1. The van der Waals surface area contributed by atoms with Gasteiger partial charge in [0.15, 0.2) is 0 Å². The Kier molecular flexibility index (Phi) is 6.32. The number of thiophene rings is 1. The number of non-ortho nitro benzene ring substituents is 1. The van der Waals surface area contributed by atoms with Crippen molar-refractivity contribution in [1.29, 1.82) is 0 Å². The summed E-state index contributed by atoms with van der Waals surface area (Å²) in [7, 11) is -3.64. The quantitative estimate of drug-likeness (QED) is 0.417. The lowest BCUT2D eigenvalue weighted by Crippen LogP contribution is -2.43. The molecule has 0 bridgehead atoms. The predicted octanol–water partition coefficient (Wildman–Crippen LogP) is 3.50. The Morgan fingerprint density at radius 3 is 2.58 bits per heavy atom. The monoisotopic (exact) mass is 489 g/mol. The van der Waals surface area contributed by atoms with E-state index in [0.717, 1.165) is 4.88 Å². The first-order chi connectivity index (χ1) is 15.6. The van der Waals surface area contributed by atoms with Gasteiger partial charge in [0.1, 0.15) is 10.0 Å². The lowest BCUT2D eigenvalue weighted by atomic mass is 9.99. The van der Waals surface area contributed by atoms with E-state index < -0.39 is 20.9 Å². The van der Waals surface area contributed by atoms with Gasteiger partial charge in [-0.25, -0.2) is 13.1 Å². The van der Waals surface area contributed by atoms with Crippen molar-refractivity contribution in [3.8, 4) is 5.69 Å². The highest BCUT2D eigenvalue weighted by atomic mass is 32.2. The zero-order chi connectivity index (χ0) is 23.8. The summed E-state index contributed by atoms with van der Waals surface area (Å²) in [4.78, 5) is 24.4. The van der Waals surface area contributed by atoms with Gasteiger partial charge in [-0.15, -0.1) is 11.3 Å². The lowest BCUT2D eigenvalue weighted by Gasteiger charge is -2.30. The van der Waals surface area contributed by atoms with Gasteiger partial charge in [0.25, 0.3) is 15.7 Å². The maximum absolute atomic E-state index is 13.1. The molecule has 1 aliphatic rings. The molecule has 1 N–H and O–H groups in total. The summed E-state index contributed by atoms with van der Waals surface area (Å²) in [5, 5.41) is 18.1. The average Bonchev–Trinajstić information content (AvgIpc) is 3.39. The fourth-order valence-corrected chi connectivity index (χ4v) is 6.74. The van der Waals surface area contributed by atoms with E-state index in [1.165, 1.54) is 32.5 Å². The highest BCUT2D eigenvalue weighted by Gasteiger charge is 2.34. The molecule has 12 heteroatoms. The number of nitrogens with one attached hydrogen (secondary N) is 1. The van der Waals surface area contributed by atoms with Gasteiger partial charge >= 0.3 is 0 Å². The molecule has 10 nitrogen and oxygen atoms in total. The minimum absolute atomic E-state index is 0.0438. The largest absolute Gasteiger partial charge is 0.310 e. The number of rotatable bonds is 6. The number of aryl methyl sites for hydroxylation is 2. The van der Waals surface area contributed by atoms with E-state index in [9.17, 15) is 23.3 Å². The number of nitro groups is 1. The van der Waals surface area contributed by atoms with E-state index in [1.807, 2.05) is 6.92 Å². The third-order valence-electron chi connectivity index (χ3n) is 5.45. The zero-order valence-electron chi connectivity index (χ0n) is 18.1. The second kappa shape index (κ2) is 9.04. The standard InChI is InChI=1S/C21H23N5O5S2/c1-14-12-19(25(23-14)17-6-8-18(9-7-17)26(28)29)22-21(27)16-4-3-11-24(13-16)33(30,31)20-10-5-15(2)32-20/h5-10,12,16H,3-4,11,13H2,1-2H3,(H,22,27). The van der Waals surface area contributed by atoms with Gasteiger partial charge < -0.3 is 5.32 Å². The van der Waals surface area contributed by atoms with Crippen molar-refractivity contribution < 1.29 is 18.1 Å². The van der Waals surface area contributed by atoms with E-state index in [-0.39, 0.29) is 22.3 Å². The Bertz CT molecular complexity index is 1300. The van der Waals surface area contributed by atoms with Gasteiger partial charge in [-0.1, -0.05) is 0 Å². The van der Waals surface area contributed by atoms with E-state index in [0.29, 0.717) is 36.6 Å². The predicted molar refractivity (Wildman–Crippen MR) is 124 cm³/mol. The third-order valence-corrected chi connectivity index (χ3v) is 8.79. The van der Waals surface area contributed by atoms with Gasteiger partial charge in [-0.05, 0) is 51.0 Å². The number of aromatic nitrogens is 2. The van der Waals surface area contributed by atoms with Crippen molar-refractivity contribution in [3.05, 3.63) is 63.1 Å². The highest BCUT2D eigenvalue weighted by molar-refractivity contribution is 7.91. The number of piperidine rings is 1. The second-order valence-corrected chi connectivity index (χ2v) is 11.4. The maximum Gasteiger partial charge on any atom is 0.269 e. The van der Waals surface area contributed by atoms with E-state index in [4.69, 9.17) is 0 Å². The van der Waals surface area contributed by atoms with Crippen molar-refractivity contribution in [3.63, 3.8) is 0 Å². The van der Waals surface area contributed by atoms with E-state index in [2.05, 4.69) is 10.4 Å². The number of sulfonamides is 1. The van der Waals surface area contributed by atoms with Gasteiger partial charge in [-0.2, -0.15) is 9.40 Å². The van der Waals surface area contributed by atoms with Crippen molar-refractivity contribution in [2.45, 2.75) is 30.9 Å². The number of anilines is 1. The molecule has 0 radical (unpaired) electrons. The molecule has 1 saturated heterocycles. The first-order valence-corrected chi connectivity index (χ1v) is 12.6. The second-order valence-electron chi connectivity index (χ2n) is 7.91. The van der Waals surface area contributed by atoms with Gasteiger partial charge in [0.05, 0.1) is 22.2 Å². The first-order valence-electron chi connectivity index (χ1n) is 10.3. The van der Waals surface area contributed by atoms with Crippen LogP contribution >= 0.6 is 11.3 Å². The number of benzene rings is 1. The SMILES string of the molecule is Cc1cc(NC(=O)C2CCCN(S(=O)(=O)c3ccc(C)s3)C2)n(-c2ccc([N+](=O)[O-])cc2)n1. The molecule has 0 spiro atoms. The molecule has 1 aromatic carbocycles. The smallest absolute Gasteiger partial charge is 0.269 e. The fourth-order valence-electron chi connectivity index (χ4n) is 3.78. The molecule has 1 unspecified atom stereocenters. The van der Waals surface area contributed by atoms with Crippen LogP contribution in [0.25, 0.3) is 5.69 Å². The number of carbonyl (C=O) groups is 1. The molecule has 1 atom stereocenters. The topological polar surface area (TPSA) is 127 Å². The molecule has 2 aromatic heterocycles. The van der Waals surface area contributed by atoms with E-state index in [1.54, 1.807) is 37.3 Å². The molecule has 1 aliphatic heterocycles. The molecular formula is C21H23N5O5S2. The first kappa shape index (κ1) is 23.1. The highest BCUT2D eigenvalue weighted by Crippen LogP contribution is 2.29. The van der Waals surface area contributed by atoms with Gasteiger partial charge in [0, 0.05) is 36.2 Å². The Balaban J connectivity index is 1.51. The van der Waals surface area contributed by atoms with Crippen molar-refractivity contribution in [2.75, 3.05) is 18.4 Å². The summed E-state index contributed by atoms with van der Waals surface area (Å²) in [6.07, 6.45) is 1.16. The van der Waals surface area contributed by atoms with E-state index >= 15 is 0 Å². The number of hydrogen-bond donors (Lipinski definition) is 1. The van der Waals surface area contributed by atoms with Crippen LogP contribution < -0.4 is 5.32 Å². The van der Waals surface area contributed by atoms with Crippen LogP contribution in [0.4, 0.5) is 11.5 Å². The molecule has 0 saturated carbocycles. The van der Waals surface area contributed by atoms with Crippen LogP contribution in [-0.2, 0) is 14.8 Å². The minimum atomic E-state index is -3.64. The number of nitro benzene ring substituents is 1. The zero-order valence-corrected chi connectivity index (χ0v) is 19.7. The Hall–Kier alpha value is -3.09. The van der Waals surface area contributed by atoms with Crippen LogP contribution in [0.5, 0.6) is 0 Å². The van der Waals surface area contributed by atoms with Crippen LogP contribution in [0, 0.1) is 29.9 Å². The molecular weight excluding hydrogens is 466 g/mol. The van der Waals surface area contributed by atoms with Gasteiger partial charge in [0.2, 0.25) is 5.91 Å². The number of nitrogens with zero attached hydrogens (tertiary/aromatic N) is 4. The fraction of sp³-hybridized carbons (Fsp3) is 0.333. The average molecular weight is 490 g/mol. The summed E-state index contributed by atoms with van der Waals surface area (Å²) in [5.74, 6) is -0.379. The molecule has 4 rings (SSSR count).